The van der Waals surface area contributed by atoms with Crippen molar-refractivity contribution in [1.82, 2.24) is 20.1 Å². The predicted molar refractivity (Wildman–Crippen MR) is 124 cm³/mol. The monoisotopic (exact) mass is 450 g/mol. The van der Waals surface area contributed by atoms with Crippen LogP contribution in [0.3, 0.4) is 0 Å². The molecule has 0 unspecified atom stereocenters. The van der Waals surface area contributed by atoms with Crippen LogP contribution in [0.4, 0.5) is 0 Å². The van der Waals surface area contributed by atoms with E-state index < -0.39 is 0 Å². The van der Waals surface area contributed by atoms with Gasteiger partial charge in [-0.25, -0.2) is 9.67 Å². The van der Waals surface area contributed by atoms with Crippen molar-refractivity contribution in [2.24, 2.45) is 0 Å². The lowest BCUT2D eigenvalue weighted by Gasteiger charge is -2.09. The van der Waals surface area contributed by atoms with E-state index in [4.69, 9.17) is 4.74 Å². The van der Waals surface area contributed by atoms with Gasteiger partial charge in [0.2, 0.25) is 0 Å². The molecule has 1 amide bonds. The maximum absolute atomic E-state index is 12.8. The van der Waals surface area contributed by atoms with Crippen LogP contribution in [0.1, 0.15) is 26.8 Å². The summed E-state index contributed by atoms with van der Waals surface area (Å²) in [7, 11) is 1.64. The number of carbonyl (C=O) groups is 1. The van der Waals surface area contributed by atoms with E-state index in [1.165, 1.54) is 0 Å². The summed E-state index contributed by atoms with van der Waals surface area (Å²) in [4.78, 5) is 18.2. The highest BCUT2D eigenvalue weighted by atomic mass is 32.2. The second kappa shape index (κ2) is 9.80. The van der Waals surface area contributed by atoms with E-state index >= 15 is 0 Å². The maximum Gasteiger partial charge on any atom is 0.252 e. The average Bonchev–Trinajstić information content (AvgIpc) is 3.45. The summed E-state index contributed by atoms with van der Waals surface area (Å²) in [5.74, 6) is 1.42. The first-order valence-corrected chi connectivity index (χ1v) is 11.6. The number of hydrogen-bond acceptors (Lipinski definition) is 6. The molecule has 31 heavy (non-hydrogen) atoms. The van der Waals surface area contributed by atoms with Crippen molar-refractivity contribution < 1.29 is 9.53 Å². The fourth-order valence-electron chi connectivity index (χ4n) is 3.01. The van der Waals surface area contributed by atoms with Crippen molar-refractivity contribution in [2.45, 2.75) is 24.1 Å². The van der Waals surface area contributed by atoms with Crippen LogP contribution in [0.25, 0.3) is 5.69 Å². The summed E-state index contributed by atoms with van der Waals surface area (Å²) in [6.45, 7) is 2.35. The third-order valence-corrected chi connectivity index (χ3v) is 6.51. The van der Waals surface area contributed by atoms with Gasteiger partial charge in [-0.15, -0.1) is 23.1 Å². The van der Waals surface area contributed by atoms with Gasteiger partial charge in [-0.3, -0.25) is 4.79 Å². The zero-order chi connectivity index (χ0) is 21.6. The molecular formula is C23H22N4O2S2. The molecule has 0 aliphatic heterocycles. The number of thiazole rings is 1. The molecule has 0 fully saturated rings. The molecule has 0 atom stereocenters. The van der Waals surface area contributed by atoms with E-state index in [9.17, 15) is 4.79 Å². The Labute approximate surface area is 189 Å². The topological polar surface area (TPSA) is 69.0 Å². The van der Waals surface area contributed by atoms with Gasteiger partial charge in [0.05, 0.1) is 41.3 Å². The number of methoxy groups -OCH3 is 1. The van der Waals surface area contributed by atoms with E-state index in [2.05, 4.69) is 20.8 Å². The highest BCUT2D eigenvalue weighted by Crippen LogP contribution is 2.27. The Morgan fingerprint density at radius 1 is 1.13 bits per heavy atom. The Morgan fingerprint density at radius 3 is 2.68 bits per heavy atom. The van der Waals surface area contributed by atoms with Gasteiger partial charge in [0.1, 0.15) is 5.75 Å². The van der Waals surface area contributed by atoms with Crippen molar-refractivity contribution in [1.29, 1.82) is 0 Å². The zero-order valence-corrected chi connectivity index (χ0v) is 18.9. The summed E-state index contributed by atoms with van der Waals surface area (Å²) in [6.07, 6.45) is 1.88. The number of aryl methyl sites for hydroxylation is 1. The third kappa shape index (κ3) is 5.34. The lowest BCUT2D eigenvalue weighted by atomic mass is 10.2. The molecule has 2 aromatic carbocycles. The molecule has 0 bridgehead atoms. The Balaban J connectivity index is 1.38. The number of aromatic nitrogens is 3. The molecule has 8 heteroatoms. The van der Waals surface area contributed by atoms with Crippen LogP contribution in [-0.4, -0.2) is 27.8 Å². The second-order valence-corrected chi connectivity index (χ2v) is 8.85. The number of rotatable bonds is 8. The largest absolute Gasteiger partial charge is 0.497 e. The maximum atomic E-state index is 12.8. The normalized spacial score (nSPS) is 10.8. The first kappa shape index (κ1) is 21.1. The van der Waals surface area contributed by atoms with Crippen LogP contribution in [0.2, 0.25) is 0 Å². The number of benzene rings is 2. The van der Waals surface area contributed by atoms with Crippen LogP contribution >= 0.6 is 23.1 Å². The minimum atomic E-state index is -0.114. The molecule has 0 saturated heterocycles. The molecule has 4 rings (SSSR count). The van der Waals surface area contributed by atoms with Crippen molar-refractivity contribution in [2.75, 3.05) is 7.11 Å². The third-order valence-electron chi connectivity index (χ3n) is 4.59. The minimum absolute atomic E-state index is 0.114. The molecule has 0 aliphatic carbocycles. The lowest BCUT2D eigenvalue weighted by Crippen LogP contribution is -2.23. The van der Waals surface area contributed by atoms with Gasteiger partial charge in [0.25, 0.3) is 5.91 Å². The van der Waals surface area contributed by atoms with Crippen LogP contribution in [0, 0.1) is 6.92 Å². The summed E-state index contributed by atoms with van der Waals surface area (Å²) >= 11 is 3.26. The van der Waals surface area contributed by atoms with Gasteiger partial charge < -0.3 is 10.1 Å². The minimum Gasteiger partial charge on any atom is -0.497 e. The number of nitrogens with one attached hydrogen (secondary N) is 1. The molecule has 0 aliphatic rings. The number of amides is 1. The van der Waals surface area contributed by atoms with Gasteiger partial charge >= 0.3 is 0 Å². The Bertz CT molecular complexity index is 1170. The molecule has 6 nitrogen and oxygen atoms in total. The summed E-state index contributed by atoms with van der Waals surface area (Å²) in [5, 5.41) is 10.6. The standard InChI is InChI=1S/C23H22N4O2S2/c1-16-25-18(14-30-16)15-31-22-6-4-3-5-21(22)23(28)24-13-17-11-12-27(26-17)19-7-9-20(29-2)10-8-19/h3-12,14H,13,15H2,1-2H3,(H,24,28). The molecule has 158 valence electrons. The van der Waals surface area contributed by atoms with E-state index in [-0.39, 0.29) is 5.91 Å². The van der Waals surface area contributed by atoms with Gasteiger partial charge in [-0.2, -0.15) is 5.10 Å². The Kier molecular flexibility index (Phi) is 6.69. The van der Waals surface area contributed by atoms with E-state index in [0.29, 0.717) is 12.1 Å². The Hall–Kier alpha value is -3.10. The molecule has 0 radical (unpaired) electrons. The number of thioether (sulfide) groups is 1. The van der Waals surface area contributed by atoms with Gasteiger partial charge in [0.15, 0.2) is 0 Å². The van der Waals surface area contributed by atoms with E-state index in [1.54, 1.807) is 34.9 Å². The fourth-order valence-corrected chi connectivity index (χ4v) is 4.67. The van der Waals surface area contributed by atoms with Crippen molar-refractivity contribution in [3.8, 4) is 11.4 Å². The van der Waals surface area contributed by atoms with Gasteiger partial charge in [-0.05, 0) is 49.4 Å². The number of nitrogens with zero attached hydrogens (tertiary/aromatic N) is 3. The van der Waals surface area contributed by atoms with E-state index in [0.717, 1.165) is 38.5 Å². The Morgan fingerprint density at radius 2 is 1.94 bits per heavy atom. The highest BCUT2D eigenvalue weighted by molar-refractivity contribution is 7.98. The van der Waals surface area contributed by atoms with Gasteiger partial charge in [-0.1, -0.05) is 12.1 Å². The van der Waals surface area contributed by atoms with Gasteiger partial charge in [0, 0.05) is 22.2 Å². The van der Waals surface area contributed by atoms with E-state index in [1.807, 2.05) is 67.7 Å². The van der Waals surface area contributed by atoms with Crippen molar-refractivity contribution in [3.63, 3.8) is 0 Å². The molecule has 0 spiro atoms. The fraction of sp³-hybridized carbons (Fsp3) is 0.174. The molecule has 2 heterocycles. The summed E-state index contributed by atoms with van der Waals surface area (Å²) < 4.78 is 6.97. The predicted octanol–water partition coefficient (Wildman–Crippen LogP) is 4.87. The number of carbonyl (C=O) groups excluding carboxylic acids is 1. The smallest absolute Gasteiger partial charge is 0.252 e. The summed E-state index contributed by atoms with van der Waals surface area (Å²) in [6, 6.07) is 17.2. The van der Waals surface area contributed by atoms with Crippen LogP contribution in [0.15, 0.2) is 71.1 Å². The first-order chi connectivity index (χ1) is 15.1. The molecule has 4 aromatic rings. The summed E-state index contributed by atoms with van der Waals surface area (Å²) in [5.41, 5.74) is 3.41. The highest BCUT2D eigenvalue weighted by Gasteiger charge is 2.13. The molecule has 0 saturated carbocycles. The molecule has 1 N–H and O–H groups in total. The first-order valence-electron chi connectivity index (χ1n) is 9.72. The lowest BCUT2D eigenvalue weighted by molar-refractivity contribution is 0.0947. The molecule has 2 aromatic heterocycles. The zero-order valence-electron chi connectivity index (χ0n) is 17.2. The van der Waals surface area contributed by atoms with Crippen LogP contribution < -0.4 is 10.1 Å². The average molecular weight is 451 g/mol. The number of hydrogen-bond donors (Lipinski definition) is 1. The molecular weight excluding hydrogens is 428 g/mol. The van der Waals surface area contributed by atoms with Crippen molar-refractivity contribution >= 4 is 29.0 Å². The second-order valence-electron chi connectivity index (χ2n) is 6.78. The van der Waals surface area contributed by atoms with Crippen molar-refractivity contribution in [3.05, 3.63) is 88.1 Å². The SMILES string of the molecule is COc1ccc(-n2ccc(CNC(=O)c3ccccc3SCc3csc(C)n3)n2)cc1. The van der Waals surface area contributed by atoms with Crippen LogP contribution in [-0.2, 0) is 12.3 Å². The quantitative estimate of drug-likeness (QED) is 0.388. The van der Waals surface area contributed by atoms with Crippen LogP contribution in [0.5, 0.6) is 5.75 Å². The number of ether oxygens (including phenoxy) is 1.